The zero-order valence-electron chi connectivity index (χ0n) is 14.9. The second kappa shape index (κ2) is 7.84. The van der Waals surface area contributed by atoms with Crippen LogP contribution < -0.4 is 5.32 Å². The Bertz CT molecular complexity index is 380. The fraction of sp³-hybridized carbons (Fsp3) is 0.882. The van der Waals surface area contributed by atoms with Crippen molar-refractivity contribution in [1.29, 1.82) is 0 Å². The van der Waals surface area contributed by atoms with Gasteiger partial charge in [0.1, 0.15) is 0 Å². The summed E-state index contributed by atoms with van der Waals surface area (Å²) in [7, 11) is 0. The van der Waals surface area contributed by atoms with Gasteiger partial charge in [-0.2, -0.15) is 0 Å². The van der Waals surface area contributed by atoms with Gasteiger partial charge in [-0.25, -0.2) is 4.79 Å². The molecule has 5 heteroatoms. The van der Waals surface area contributed by atoms with Crippen LogP contribution in [0.15, 0.2) is 0 Å². The molecule has 1 fully saturated rings. The lowest BCUT2D eigenvalue weighted by molar-refractivity contribution is -0.127. The lowest BCUT2D eigenvalue weighted by Gasteiger charge is -2.33. The molecular weight excluding hydrogens is 280 g/mol. The van der Waals surface area contributed by atoms with Gasteiger partial charge in [0.25, 0.3) is 0 Å². The van der Waals surface area contributed by atoms with Crippen LogP contribution in [-0.4, -0.2) is 42.6 Å². The van der Waals surface area contributed by atoms with E-state index in [1.165, 1.54) is 0 Å². The Hall–Kier alpha value is -1.26. The van der Waals surface area contributed by atoms with E-state index in [9.17, 15) is 9.59 Å². The molecule has 2 amide bonds. The van der Waals surface area contributed by atoms with Gasteiger partial charge < -0.3 is 15.0 Å². The summed E-state index contributed by atoms with van der Waals surface area (Å²) < 4.78 is 5.23. The van der Waals surface area contributed by atoms with Crippen molar-refractivity contribution in [2.24, 2.45) is 17.3 Å². The van der Waals surface area contributed by atoms with E-state index in [1.54, 1.807) is 4.90 Å². The van der Waals surface area contributed by atoms with Crippen LogP contribution in [0.5, 0.6) is 0 Å². The molecule has 22 heavy (non-hydrogen) atoms. The van der Waals surface area contributed by atoms with Gasteiger partial charge in [0.15, 0.2) is 0 Å². The predicted octanol–water partition coefficient (Wildman–Crippen LogP) is 3.04. The van der Waals surface area contributed by atoms with Gasteiger partial charge in [-0.1, -0.05) is 34.6 Å². The zero-order chi connectivity index (χ0) is 16.9. The first kappa shape index (κ1) is 18.8. The fourth-order valence-corrected chi connectivity index (χ4v) is 2.20. The molecule has 0 aromatic heterocycles. The van der Waals surface area contributed by atoms with E-state index < -0.39 is 0 Å². The van der Waals surface area contributed by atoms with Crippen molar-refractivity contribution in [3.05, 3.63) is 0 Å². The molecule has 1 unspecified atom stereocenters. The number of rotatable bonds is 4. The van der Waals surface area contributed by atoms with Gasteiger partial charge in [0.05, 0.1) is 6.61 Å². The Labute approximate surface area is 134 Å². The molecule has 1 aliphatic heterocycles. The summed E-state index contributed by atoms with van der Waals surface area (Å²) in [6.07, 6.45) is 1.16. The Kier molecular flexibility index (Phi) is 6.69. The summed E-state index contributed by atoms with van der Waals surface area (Å²) in [4.78, 5) is 25.9. The van der Waals surface area contributed by atoms with Crippen molar-refractivity contribution < 1.29 is 14.3 Å². The molecule has 0 saturated carbocycles. The Morgan fingerprint density at radius 3 is 2.18 bits per heavy atom. The summed E-state index contributed by atoms with van der Waals surface area (Å²) >= 11 is 0. The average molecular weight is 312 g/mol. The van der Waals surface area contributed by atoms with E-state index in [1.807, 2.05) is 20.8 Å². The van der Waals surface area contributed by atoms with Crippen LogP contribution in [0.2, 0.25) is 0 Å². The van der Waals surface area contributed by atoms with Crippen molar-refractivity contribution in [2.45, 2.75) is 60.4 Å². The molecule has 1 saturated heterocycles. The third-order valence-electron chi connectivity index (χ3n) is 4.32. The Balaban J connectivity index is 2.38. The van der Waals surface area contributed by atoms with E-state index >= 15 is 0 Å². The summed E-state index contributed by atoms with van der Waals surface area (Å²) in [5, 5.41) is 3.10. The van der Waals surface area contributed by atoms with Gasteiger partial charge in [-0.3, -0.25) is 4.79 Å². The number of likely N-dealkylation sites (tertiary alicyclic amines) is 1. The Morgan fingerprint density at radius 2 is 1.73 bits per heavy atom. The highest BCUT2D eigenvalue weighted by atomic mass is 16.6. The average Bonchev–Trinajstić information content (AvgIpc) is 2.43. The first-order valence-corrected chi connectivity index (χ1v) is 8.33. The third-order valence-corrected chi connectivity index (χ3v) is 4.32. The number of nitrogens with one attached hydrogen (secondary N) is 1. The molecule has 0 aromatic carbocycles. The molecule has 128 valence electrons. The monoisotopic (exact) mass is 312 g/mol. The van der Waals surface area contributed by atoms with Crippen molar-refractivity contribution >= 4 is 12.0 Å². The molecule has 0 aromatic rings. The third kappa shape index (κ3) is 5.85. The maximum atomic E-state index is 12.3. The molecule has 1 N–H and O–H groups in total. The number of hydrogen-bond acceptors (Lipinski definition) is 3. The van der Waals surface area contributed by atoms with Crippen LogP contribution in [0.3, 0.4) is 0 Å². The maximum absolute atomic E-state index is 12.3. The molecule has 0 radical (unpaired) electrons. The van der Waals surface area contributed by atoms with Crippen LogP contribution in [0.25, 0.3) is 0 Å². The van der Waals surface area contributed by atoms with Gasteiger partial charge in [0.2, 0.25) is 5.91 Å². The van der Waals surface area contributed by atoms with Gasteiger partial charge >= 0.3 is 6.09 Å². The van der Waals surface area contributed by atoms with Crippen LogP contribution in [0.4, 0.5) is 4.79 Å². The minimum Gasteiger partial charge on any atom is -0.449 e. The number of hydrogen-bond donors (Lipinski definition) is 1. The van der Waals surface area contributed by atoms with Crippen LogP contribution in [-0.2, 0) is 9.53 Å². The van der Waals surface area contributed by atoms with E-state index in [-0.39, 0.29) is 29.4 Å². The van der Waals surface area contributed by atoms with E-state index in [0.29, 0.717) is 38.5 Å². The number of ether oxygens (including phenoxy) is 1. The normalized spacial score (nSPS) is 18.2. The highest BCUT2D eigenvalue weighted by Gasteiger charge is 2.30. The second-order valence-corrected chi connectivity index (χ2v) is 7.83. The molecule has 1 atom stereocenters. The van der Waals surface area contributed by atoms with Crippen LogP contribution in [0.1, 0.15) is 54.4 Å². The van der Waals surface area contributed by atoms with Gasteiger partial charge in [0, 0.05) is 25.0 Å². The number of piperidine rings is 1. The fourth-order valence-electron chi connectivity index (χ4n) is 2.20. The van der Waals surface area contributed by atoms with Crippen molar-refractivity contribution in [1.82, 2.24) is 10.2 Å². The maximum Gasteiger partial charge on any atom is 0.409 e. The van der Waals surface area contributed by atoms with E-state index in [4.69, 9.17) is 4.74 Å². The van der Waals surface area contributed by atoms with E-state index in [0.717, 1.165) is 0 Å². The molecule has 5 nitrogen and oxygen atoms in total. The second-order valence-electron chi connectivity index (χ2n) is 7.83. The van der Waals surface area contributed by atoms with Crippen LogP contribution >= 0.6 is 0 Å². The number of nitrogens with zero attached hydrogens (tertiary/aromatic N) is 1. The first-order chi connectivity index (χ1) is 10.1. The Morgan fingerprint density at radius 1 is 1.18 bits per heavy atom. The minimum atomic E-state index is -0.254. The largest absolute Gasteiger partial charge is 0.449 e. The van der Waals surface area contributed by atoms with Gasteiger partial charge in [-0.05, 0) is 31.1 Å². The van der Waals surface area contributed by atoms with Crippen molar-refractivity contribution in [3.8, 4) is 0 Å². The molecule has 1 heterocycles. The lowest BCUT2D eigenvalue weighted by atomic mass is 9.87. The number of amides is 2. The quantitative estimate of drug-likeness (QED) is 0.868. The summed E-state index contributed by atoms with van der Waals surface area (Å²) in [5.74, 6) is 0.447. The minimum absolute atomic E-state index is 0.000973. The molecule has 0 aliphatic carbocycles. The van der Waals surface area contributed by atoms with Crippen molar-refractivity contribution in [2.75, 3.05) is 19.7 Å². The summed E-state index contributed by atoms with van der Waals surface area (Å²) in [6, 6.07) is 0.133. The lowest BCUT2D eigenvalue weighted by Crippen LogP contribution is -2.47. The topological polar surface area (TPSA) is 58.6 Å². The highest BCUT2D eigenvalue weighted by Crippen LogP contribution is 2.22. The summed E-state index contributed by atoms with van der Waals surface area (Å²) in [5.41, 5.74) is 0.0526. The van der Waals surface area contributed by atoms with Crippen LogP contribution in [0, 0.1) is 17.3 Å². The molecule has 0 spiro atoms. The van der Waals surface area contributed by atoms with Gasteiger partial charge in [-0.15, -0.1) is 0 Å². The predicted molar refractivity (Wildman–Crippen MR) is 87.5 cm³/mol. The SMILES string of the molecule is CC(C)COC(=O)N1CCC(C(=O)NC(C)C(C)(C)C)CC1. The van der Waals surface area contributed by atoms with Crippen molar-refractivity contribution in [3.63, 3.8) is 0 Å². The standard InChI is InChI=1S/C17H32N2O3/c1-12(2)11-22-16(21)19-9-7-14(8-10-19)15(20)18-13(3)17(4,5)6/h12-14H,7-11H2,1-6H3,(H,18,20). The van der Waals surface area contributed by atoms with E-state index in [2.05, 4.69) is 26.1 Å². The molecule has 0 bridgehead atoms. The smallest absolute Gasteiger partial charge is 0.409 e. The zero-order valence-corrected chi connectivity index (χ0v) is 14.9. The highest BCUT2D eigenvalue weighted by molar-refractivity contribution is 5.79. The number of carbonyl (C=O) groups is 2. The molecular formula is C17H32N2O3. The summed E-state index contributed by atoms with van der Waals surface area (Å²) in [6.45, 7) is 14.1. The number of carbonyl (C=O) groups excluding carboxylic acids is 2. The molecule has 1 aliphatic rings. The first-order valence-electron chi connectivity index (χ1n) is 8.33. The molecule has 1 rings (SSSR count).